The van der Waals surface area contributed by atoms with Crippen molar-refractivity contribution in [2.75, 3.05) is 13.1 Å². The fourth-order valence-electron chi connectivity index (χ4n) is 2.79. The van der Waals surface area contributed by atoms with Crippen LogP contribution in [0.1, 0.15) is 22.5 Å². The van der Waals surface area contributed by atoms with Gasteiger partial charge in [-0.1, -0.05) is 23.7 Å². The third-order valence-electron chi connectivity index (χ3n) is 4.03. The summed E-state index contributed by atoms with van der Waals surface area (Å²) in [4.78, 5) is 22.7. The zero-order valence-electron chi connectivity index (χ0n) is 12.8. The smallest absolute Gasteiger partial charge is 0.274 e. The van der Waals surface area contributed by atoms with Crippen molar-refractivity contribution in [3.05, 3.63) is 65.3 Å². The number of aromatic nitrogens is 4. The Morgan fingerprint density at radius 3 is 2.96 bits per heavy atom. The summed E-state index contributed by atoms with van der Waals surface area (Å²) in [5, 5.41) is 4.75. The Labute approximate surface area is 143 Å². The molecule has 120 valence electrons. The van der Waals surface area contributed by atoms with Gasteiger partial charge in [0.05, 0.1) is 11.2 Å². The van der Waals surface area contributed by atoms with Crippen LogP contribution in [0.25, 0.3) is 11.2 Å². The van der Waals surface area contributed by atoms with Gasteiger partial charge in [-0.05, 0) is 23.6 Å². The number of nitrogens with zero attached hydrogens (tertiary/aromatic N) is 5. The monoisotopic (exact) mass is 339 g/mol. The van der Waals surface area contributed by atoms with Crippen molar-refractivity contribution in [2.45, 2.75) is 6.42 Å². The number of amides is 1. The van der Waals surface area contributed by atoms with Gasteiger partial charge in [-0.3, -0.25) is 9.78 Å². The zero-order chi connectivity index (χ0) is 16.5. The maximum absolute atomic E-state index is 12.6. The molecule has 0 fully saturated rings. The van der Waals surface area contributed by atoms with Gasteiger partial charge in [-0.25, -0.2) is 9.50 Å². The van der Waals surface area contributed by atoms with E-state index in [0.717, 1.165) is 12.0 Å². The zero-order valence-corrected chi connectivity index (χ0v) is 13.5. The number of hydrogen-bond donors (Lipinski definition) is 0. The summed E-state index contributed by atoms with van der Waals surface area (Å²) < 4.78 is 1.52. The molecular weight excluding hydrogens is 326 g/mol. The number of rotatable bonds is 2. The summed E-state index contributed by atoms with van der Waals surface area (Å²) in [7, 11) is 0. The van der Waals surface area contributed by atoms with Crippen molar-refractivity contribution in [2.24, 2.45) is 0 Å². The molecule has 0 atom stereocenters. The van der Waals surface area contributed by atoms with Crippen LogP contribution in [0.4, 0.5) is 0 Å². The minimum absolute atomic E-state index is 0.0990. The summed E-state index contributed by atoms with van der Waals surface area (Å²) in [5.41, 5.74) is 3.31. The topological polar surface area (TPSA) is 63.4 Å². The van der Waals surface area contributed by atoms with E-state index < -0.39 is 0 Å². The van der Waals surface area contributed by atoms with Crippen molar-refractivity contribution in [1.82, 2.24) is 24.5 Å². The lowest BCUT2D eigenvalue weighted by atomic mass is 10.0. The van der Waals surface area contributed by atoms with Crippen LogP contribution < -0.4 is 0 Å². The lowest BCUT2D eigenvalue weighted by Gasteiger charge is -2.25. The average molecular weight is 340 g/mol. The highest BCUT2D eigenvalue weighted by atomic mass is 35.5. The molecule has 0 bridgehead atoms. The van der Waals surface area contributed by atoms with Crippen LogP contribution in [-0.2, 0) is 0 Å². The number of carbonyl (C=O) groups is 1. The third kappa shape index (κ3) is 2.76. The van der Waals surface area contributed by atoms with Gasteiger partial charge >= 0.3 is 0 Å². The third-order valence-corrected chi connectivity index (χ3v) is 4.22. The maximum atomic E-state index is 12.6. The van der Waals surface area contributed by atoms with Gasteiger partial charge in [0.15, 0.2) is 11.3 Å². The van der Waals surface area contributed by atoms with Crippen molar-refractivity contribution < 1.29 is 4.79 Å². The lowest BCUT2D eigenvalue weighted by molar-refractivity contribution is 0.0766. The van der Waals surface area contributed by atoms with Gasteiger partial charge in [0, 0.05) is 37.7 Å². The van der Waals surface area contributed by atoms with Gasteiger partial charge < -0.3 is 4.90 Å². The quantitative estimate of drug-likeness (QED) is 0.720. The first-order chi connectivity index (χ1) is 11.7. The van der Waals surface area contributed by atoms with E-state index in [2.05, 4.69) is 21.1 Å². The molecule has 0 saturated carbocycles. The van der Waals surface area contributed by atoms with Crippen molar-refractivity contribution in [1.29, 1.82) is 0 Å². The molecule has 7 heteroatoms. The number of carbonyl (C=O) groups excluding carboxylic acids is 1. The highest BCUT2D eigenvalue weighted by Gasteiger charge is 2.22. The van der Waals surface area contributed by atoms with Gasteiger partial charge in [-0.15, -0.1) is 0 Å². The fourth-order valence-corrected chi connectivity index (χ4v) is 2.93. The first kappa shape index (κ1) is 14.8. The minimum atomic E-state index is -0.0990. The van der Waals surface area contributed by atoms with Crippen LogP contribution in [0, 0.1) is 0 Å². The Morgan fingerprint density at radius 1 is 1.29 bits per heavy atom. The number of halogens is 1. The van der Waals surface area contributed by atoms with Crippen molar-refractivity contribution in [3.63, 3.8) is 0 Å². The number of pyridine rings is 1. The predicted octanol–water partition coefficient (Wildman–Crippen LogP) is 2.71. The SMILES string of the molecule is O=C(c1cc2ncc(Cl)cn2n1)N1CC=C(c2cccnc2)CC1. The summed E-state index contributed by atoms with van der Waals surface area (Å²) in [5.74, 6) is -0.0990. The molecule has 1 aliphatic heterocycles. The second kappa shape index (κ2) is 6.05. The first-order valence-corrected chi connectivity index (χ1v) is 7.98. The molecule has 3 aromatic heterocycles. The Morgan fingerprint density at radius 2 is 2.21 bits per heavy atom. The molecule has 4 rings (SSSR count). The van der Waals surface area contributed by atoms with E-state index in [0.29, 0.717) is 29.5 Å². The highest BCUT2D eigenvalue weighted by Crippen LogP contribution is 2.22. The van der Waals surface area contributed by atoms with Gasteiger partial charge in [0.1, 0.15) is 0 Å². The Kier molecular flexibility index (Phi) is 3.74. The van der Waals surface area contributed by atoms with E-state index in [4.69, 9.17) is 11.6 Å². The number of fused-ring (bicyclic) bond motifs is 1. The van der Waals surface area contributed by atoms with Crippen LogP contribution >= 0.6 is 11.6 Å². The summed E-state index contributed by atoms with van der Waals surface area (Å²) in [6, 6.07) is 5.63. The summed E-state index contributed by atoms with van der Waals surface area (Å²) >= 11 is 5.90. The predicted molar refractivity (Wildman–Crippen MR) is 90.7 cm³/mol. The lowest BCUT2D eigenvalue weighted by Crippen LogP contribution is -2.34. The van der Waals surface area contributed by atoms with Crippen LogP contribution in [-0.4, -0.2) is 43.5 Å². The molecule has 0 aliphatic carbocycles. The van der Waals surface area contributed by atoms with Crippen LogP contribution in [0.5, 0.6) is 0 Å². The summed E-state index contributed by atoms with van der Waals surface area (Å²) in [6.07, 6.45) is 9.65. The van der Waals surface area contributed by atoms with Crippen LogP contribution in [0.3, 0.4) is 0 Å². The fraction of sp³-hybridized carbons (Fsp3) is 0.176. The van der Waals surface area contributed by atoms with Gasteiger partial charge in [0.2, 0.25) is 0 Å². The molecule has 0 N–H and O–H groups in total. The molecular formula is C17H14ClN5O. The van der Waals surface area contributed by atoms with E-state index in [1.165, 1.54) is 16.3 Å². The Balaban J connectivity index is 1.54. The highest BCUT2D eigenvalue weighted by molar-refractivity contribution is 6.30. The van der Waals surface area contributed by atoms with E-state index in [1.807, 2.05) is 18.3 Å². The van der Waals surface area contributed by atoms with Crippen molar-refractivity contribution >= 4 is 28.7 Å². The van der Waals surface area contributed by atoms with E-state index in [1.54, 1.807) is 23.4 Å². The molecule has 24 heavy (non-hydrogen) atoms. The van der Waals surface area contributed by atoms with Gasteiger partial charge in [0.25, 0.3) is 5.91 Å². The standard InChI is InChI=1S/C17H14ClN5O/c18-14-10-20-16-8-15(21-23(16)11-14)17(24)22-6-3-12(4-7-22)13-2-1-5-19-9-13/h1-3,5,8-11H,4,6-7H2. The first-order valence-electron chi connectivity index (χ1n) is 7.60. The second-order valence-corrected chi connectivity index (χ2v) is 6.01. The molecule has 0 spiro atoms. The molecule has 0 aromatic carbocycles. The molecule has 0 radical (unpaired) electrons. The Hall–Kier alpha value is -2.73. The second-order valence-electron chi connectivity index (χ2n) is 5.58. The molecule has 4 heterocycles. The largest absolute Gasteiger partial charge is 0.333 e. The minimum Gasteiger partial charge on any atom is -0.333 e. The van der Waals surface area contributed by atoms with Crippen LogP contribution in [0.2, 0.25) is 5.02 Å². The van der Waals surface area contributed by atoms with Gasteiger partial charge in [-0.2, -0.15) is 5.10 Å². The Bertz CT molecular complexity index is 935. The normalized spacial score (nSPS) is 14.7. The maximum Gasteiger partial charge on any atom is 0.274 e. The molecule has 1 aliphatic rings. The van der Waals surface area contributed by atoms with E-state index in [9.17, 15) is 4.79 Å². The summed E-state index contributed by atoms with van der Waals surface area (Å²) in [6.45, 7) is 1.22. The van der Waals surface area contributed by atoms with Crippen molar-refractivity contribution in [3.8, 4) is 0 Å². The number of hydrogen-bond acceptors (Lipinski definition) is 4. The average Bonchev–Trinajstić information content (AvgIpc) is 3.05. The van der Waals surface area contributed by atoms with Crippen LogP contribution in [0.15, 0.2) is 49.1 Å². The molecule has 0 unspecified atom stereocenters. The molecule has 0 saturated heterocycles. The molecule has 3 aromatic rings. The van der Waals surface area contributed by atoms with E-state index >= 15 is 0 Å². The molecule has 1 amide bonds. The molecule has 6 nitrogen and oxygen atoms in total. The van der Waals surface area contributed by atoms with E-state index in [-0.39, 0.29) is 5.91 Å².